The number of rotatable bonds is 8. The third kappa shape index (κ3) is 5.78. The molecule has 2 rings (SSSR count). The average Bonchev–Trinajstić information content (AvgIpc) is 2.64. The number of allylic oxidation sites excluding steroid dienone is 2. The molecule has 3 heteroatoms. The molecule has 0 radical (unpaired) electrons. The molecule has 26 heavy (non-hydrogen) atoms. The third-order valence-corrected chi connectivity index (χ3v) is 5.80. The fraction of sp³-hybridized carbons (Fsp3) is 0.609. The SMILES string of the molecule is CC(CC(CCN1CCOCC1)C(C)C)=C(C)C(=O)c1ccccc1C. The minimum Gasteiger partial charge on any atom is -0.379 e. The van der Waals surface area contributed by atoms with Crippen molar-refractivity contribution in [1.29, 1.82) is 0 Å². The van der Waals surface area contributed by atoms with Crippen LogP contribution in [-0.4, -0.2) is 43.5 Å². The molecule has 1 aliphatic heterocycles. The highest BCUT2D eigenvalue weighted by molar-refractivity contribution is 6.09. The molecule has 1 aromatic rings. The van der Waals surface area contributed by atoms with Gasteiger partial charge in [0, 0.05) is 18.7 Å². The van der Waals surface area contributed by atoms with Gasteiger partial charge < -0.3 is 4.74 Å². The largest absolute Gasteiger partial charge is 0.379 e. The van der Waals surface area contributed by atoms with E-state index in [-0.39, 0.29) is 5.78 Å². The van der Waals surface area contributed by atoms with Crippen LogP contribution in [0.3, 0.4) is 0 Å². The number of Topliss-reactive ketones (excluding diaryl/α,β-unsaturated/α-hetero) is 1. The molecule has 3 nitrogen and oxygen atoms in total. The normalized spacial score (nSPS) is 17.9. The zero-order valence-corrected chi connectivity index (χ0v) is 17.2. The van der Waals surface area contributed by atoms with Crippen molar-refractivity contribution in [1.82, 2.24) is 4.90 Å². The van der Waals surface area contributed by atoms with Gasteiger partial charge in [0.05, 0.1) is 13.2 Å². The summed E-state index contributed by atoms with van der Waals surface area (Å²) in [6.07, 6.45) is 2.19. The topological polar surface area (TPSA) is 29.5 Å². The first-order valence-corrected chi connectivity index (χ1v) is 9.97. The third-order valence-electron chi connectivity index (χ3n) is 5.80. The molecule has 0 aromatic heterocycles. The first-order chi connectivity index (χ1) is 12.4. The average molecular weight is 358 g/mol. The highest BCUT2D eigenvalue weighted by Gasteiger charge is 2.20. The molecule has 0 amide bonds. The van der Waals surface area contributed by atoms with Gasteiger partial charge in [-0.25, -0.2) is 0 Å². The summed E-state index contributed by atoms with van der Waals surface area (Å²) < 4.78 is 5.44. The van der Waals surface area contributed by atoms with Gasteiger partial charge in [-0.3, -0.25) is 9.69 Å². The summed E-state index contributed by atoms with van der Waals surface area (Å²) in [6, 6.07) is 7.88. The molecule has 1 fully saturated rings. The monoisotopic (exact) mass is 357 g/mol. The maximum absolute atomic E-state index is 12.9. The lowest BCUT2D eigenvalue weighted by molar-refractivity contribution is 0.0344. The molecule has 1 heterocycles. The molecule has 1 aromatic carbocycles. The maximum Gasteiger partial charge on any atom is 0.188 e. The number of nitrogens with zero attached hydrogens (tertiary/aromatic N) is 1. The van der Waals surface area contributed by atoms with Gasteiger partial charge in [-0.05, 0) is 63.1 Å². The second-order valence-corrected chi connectivity index (χ2v) is 8.00. The van der Waals surface area contributed by atoms with Crippen molar-refractivity contribution in [2.45, 2.75) is 47.5 Å². The molecule has 0 saturated carbocycles. The quantitative estimate of drug-likeness (QED) is 0.489. The van der Waals surface area contributed by atoms with Gasteiger partial charge in [0.25, 0.3) is 0 Å². The number of hydrogen-bond donors (Lipinski definition) is 0. The molecule has 0 bridgehead atoms. The van der Waals surface area contributed by atoms with Gasteiger partial charge >= 0.3 is 0 Å². The number of aryl methyl sites for hydroxylation is 1. The van der Waals surface area contributed by atoms with Gasteiger partial charge in [-0.2, -0.15) is 0 Å². The van der Waals surface area contributed by atoms with Crippen LogP contribution >= 0.6 is 0 Å². The van der Waals surface area contributed by atoms with Crippen LogP contribution in [0.4, 0.5) is 0 Å². The highest BCUT2D eigenvalue weighted by atomic mass is 16.5. The Morgan fingerprint density at radius 1 is 1.15 bits per heavy atom. The van der Waals surface area contributed by atoms with Crippen molar-refractivity contribution in [2.24, 2.45) is 11.8 Å². The number of ketones is 1. The molecule has 0 N–H and O–H groups in total. The van der Waals surface area contributed by atoms with E-state index in [9.17, 15) is 4.79 Å². The summed E-state index contributed by atoms with van der Waals surface area (Å²) in [7, 11) is 0. The molecular weight excluding hydrogens is 322 g/mol. The van der Waals surface area contributed by atoms with E-state index in [1.54, 1.807) is 0 Å². The Kier molecular flexibility index (Phi) is 8.05. The van der Waals surface area contributed by atoms with E-state index in [1.807, 2.05) is 38.1 Å². The van der Waals surface area contributed by atoms with E-state index in [2.05, 4.69) is 25.7 Å². The molecule has 144 valence electrons. The zero-order chi connectivity index (χ0) is 19.1. The summed E-state index contributed by atoms with van der Waals surface area (Å²) >= 11 is 0. The minimum absolute atomic E-state index is 0.177. The smallest absolute Gasteiger partial charge is 0.188 e. The number of ether oxygens (including phenoxy) is 1. The van der Waals surface area contributed by atoms with E-state index in [4.69, 9.17) is 4.74 Å². The van der Waals surface area contributed by atoms with Gasteiger partial charge in [-0.15, -0.1) is 0 Å². The van der Waals surface area contributed by atoms with Crippen molar-refractivity contribution in [3.05, 3.63) is 46.5 Å². The molecule has 1 saturated heterocycles. The van der Waals surface area contributed by atoms with Crippen molar-refractivity contribution in [3.63, 3.8) is 0 Å². The maximum atomic E-state index is 12.9. The van der Waals surface area contributed by atoms with Crippen LogP contribution in [0.15, 0.2) is 35.4 Å². The first-order valence-electron chi connectivity index (χ1n) is 9.97. The fourth-order valence-corrected chi connectivity index (χ4v) is 3.61. The Hall–Kier alpha value is -1.45. The fourth-order valence-electron chi connectivity index (χ4n) is 3.61. The van der Waals surface area contributed by atoms with Crippen molar-refractivity contribution >= 4 is 5.78 Å². The predicted molar refractivity (Wildman–Crippen MR) is 109 cm³/mol. The van der Waals surface area contributed by atoms with Crippen LogP contribution in [0, 0.1) is 18.8 Å². The molecule has 1 atom stereocenters. The summed E-state index contributed by atoms with van der Waals surface area (Å²) in [6.45, 7) is 15.7. The Morgan fingerprint density at radius 3 is 2.42 bits per heavy atom. The number of morpholine rings is 1. The Bertz CT molecular complexity index is 627. The van der Waals surface area contributed by atoms with Crippen LogP contribution in [0.2, 0.25) is 0 Å². The second kappa shape index (κ2) is 10.0. The molecule has 1 unspecified atom stereocenters. The van der Waals surface area contributed by atoms with E-state index in [0.717, 1.165) is 56.0 Å². The van der Waals surface area contributed by atoms with Crippen molar-refractivity contribution in [2.75, 3.05) is 32.8 Å². The van der Waals surface area contributed by atoms with E-state index in [1.165, 1.54) is 12.0 Å². The number of hydrogen-bond acceptors (Lipinski definition) is 3. The molecule has 0 spiro atoms. The van der Waals surface area contributed by atoms with E-state index >= 15 is 0 Å². The van der Waals surface area contributed by atoms with E-state index in [0.29, 0.717) is 11.8 Å². The van der Waals surface area contributed by atoms with Gasteiger partial charge in [-0.1, -0.05) is 43.7 Å². The predicted octanol–water partition coefficient (Wildman–Crippen LogP) is 4.90. The molecule has 0 aliphatic carbocycles. The lowest BCUT2D eigenvalue weighted by atomic mass is 9.84. The first kappa shape index (κ1) is 20.9. The summed E-state index contributed by atoms with van der Waals surface area (Å²) in [4.78, 5) is 15.4. The summed E-state index contributed by atoms with van der Waals surface area (Å²) in [5.41, 5.74) is 4.03. The van der Waals surface area contributed by atoms with Gasteiger partial charge in [0.2, 0.25) is 0 Å². The van der Waals surface area contributed by atoms with Crippen LogP contribution in [0.5, 0.6) is 0 Å². The van der Waals surface area contributed by atoms with Gasteiger partial charge in [0.15, 0.2) is 5.78 Å². The van der Waals surface area contributed by atoms with Crippen LogP contribution < -0.4 is 0 Å². The highest BCUT2D eigenvalue weighted by Crippen LogP contribution is 2.27. The number of benzene rings is 1. The summed E-state index contributed by atoms with van der Waals surface area (Å²) in [5, 5.41) is 0. The minimum atomic E-state index is 0.177. The van der Waals surface area contributed by atoms with Crippen molar-refractivity contribution in [3.8, 4) is 0 Å². The summed E-state index contributed by atoms with van der Waals surface area (Å²) in [5.74, 6) is 1.40. The van der Waals surface area contributed by atoms with Crippen molar-refractivity contribution < 1.29 is 9.53 Å². The zero-order valence-electron chi connectivity index (χ0n) is 17.2. The lowest BCUT2D eigenvalue weighted by Crippen LogP contribution is -2.37. The van der Waals surface area contributed by atoms with E-state index < -0.39 is 0 Å². The second-order valence-electron chi connectivity index (χ2n) is 8.00. The Morgan fingerprint density at radius 2 is 1.81 bits per heavy atom. The van der Waals surface area contributed by atoms with Crippen LogP contribution in [0.1, 0.15) is 56.5 Å². The lowest BCUT2D eigenvalue weighted by Gasteiger charge is -2.30. The van der Waals surface area contributed by atoms with Crippen LogP contribution in [-0.2, 0) is 4.74 Å². The molecule has 1 aliphatic rings. The Labute approximate surface area is 159 Å². The Balaban J connectivity index is 2.02. The van der Waals surface area contributed by atoms with Crippen LogP contribution in [0.25, 0.3) is 0 Å². The van der Waals surface area contributed by atoms with Gasteiger partial charge in [0.1, 0.15) is 0 Å². The molecular formula is C23H35NO2. The standard InChI is InChI=1S/C23H35NO2/c1-17(2)21(10-11-24-12-14-26-15-13-24)16-19(4)20(5)23(25)22-9-7-6-8-18(22)3/h6-9,17,21H,10-16H2,1-5H3. The number of carbonyl (C=O) groups is 1. The number of carbonyl (C=O) groups excluding carboxylic acids is 1.